The molecule has 154 valence electrons. The van der Waals surface area contributed by atoms with E-state index in [0.717, 1.165) is 35.7 Å². The van der Waals surface area contributed by atoms with Crippen LogP contribution in [0.4, 0.5) is 5.69 Å². The SMILES string of the molecule is CCNCc1cccc(NC(=O)C2CCC(=O)N(C)C2c2ccc(OC)cc2)c1. The quantitative estimate of drug-likeness (QED) is 0.754. The first-order valence-corrected chi connectivity index (χ1v) is 10.0. The first-order chi connectivity index (χ1) is 14.0. The smallest absolute Gasteiger partial charge is 0.229 e. The van der Waals surface area contributed by atoms with E-state index in [2.05, 4.69) is 17.6 Å². The molecule has 2 aromatic rings. The number of likely N-dealkylation sites (tertiary alicyclic amines) is 1. The van der Waals surface area contributed by atoms with Crippen molar-refractivity contribution in [2.75, 3.05) is 26.0 Å². The number of nitrogens with one attached hydrogen (secondary N) is 2. The van der Waals surface area contributed by atoms with E-state index in [-0.39, 0.29) is 23.8 Å². The van der Waals surface area contributed by atoms with E-state index in [1.54, 1.807) is 19.1 Å². The van der Waals surface area contributed by atoms with Gasteiger partial charge < -0.3 is 20.3 Å². The number of benzene rings is 2. The second kappa shape index (κ2) is 9.56. The first kappa shape index (κ1) is 20.9. The minimum Gasteiger partial charge on any atom is -0.497 e. The van der Waals surface area contributed by atoms with Gasteiger partial charge in [0.05, 0.1) is 19.1 Å². The molecule has 0 saturated carbocycles. The van der Waals surface area contributed by atoms with Gasteiger partial charge in [-0.2, -0.15) is 0 Å². The van der Waals surface area contributed by atoms with Crippen LogP contribution in [0.3, 0.4) is 0 Å². The van der Waals surface area contributed by atoms with Crippen LogP contribution in [0.5, 0.6) is 5.75 Å². The largest absolute Gasteiger partial charge is 0.497 e. The topological polar surface area (TPSA) is 70.7 Å². The number of piperidine rings is 1. The second-order valence-corrected chi connectivity index (χ2v) is 7.34. The van der Waals surface area contributed by atoms with Crippen LogP contribution in [0.1, 0.15) is 36.9 Å². The minimum absolute atomic E-state index is 0.0579. The van der Waals surface area contributed by atoms with Crippen LogP contribution in [0.2, 0.25) is 0 Å². The molecule has 2 aromatic carbocycles. The molecule has 2 N–H and O–H groups in total. The number of carbonyl (C=O) groups excluding carboxylic acids is 2. The number of ether oxygens (including phenoxy) is 1. The van der Waals surface area contributed by atoms with Crippen molar-refractivity contribution in [1.82, 2.24) is 10.2 Å². The van der Waals surface area contributed by atoms with E-state index in [0.29, 0.717) is 12.8 Å². The van der Waals surface area contributed by atoms with E-state index in [1.165, 1.54) is 0 Å². The van der Waals surface area contributed by atoms with Crippen LogP contribution < -0.4 is 15.4 Å². The van der Waals surface area contributed by atoms with Crippen molar-refractivity contribution in [3.8, 4) is 5.75 Å². The van der Waals surface area contributed by atoms with Crippen molar-refractivity contribution in [2.24, 2.45) is 5.92 Å². The molecule has 0 bridgehead atoms. The van der Waals surface area contributed by atoms with Crippen molar-refractivity contribution < 1.29 is 14.3 Å². The third-order valence-electron chi connectivity index (χ3n) is 5.43. The number of carbonyl (C=O) groups is 2. The molecule has 6 nitrogen and oxygen atoms in total. The number of nitrogens with zero attached hydrogens (tertiary/aromatic N) is 1. The van der Waals surface area contributed by atoms with Gasteiger partial charge in [0.25, 0.3) is 0 Å². The maximum absolute atomic E-state index is 13.2. The number of rotatable bonds is 7. The van der Waals surface area contributed by atoms with Crippen LogP contribution in [0, 0.1) is 5.92 Å². The third-order valence-corrected chi connectivity index (χ3v) is 5.43. The molecule has 1 aliphatic rings. The Labute approximate surface area is 172 Å². The molecular weight excluding hydrogens is 366 g/mol. The van der Waals surface area contributed by atoms with E-state index in [9.17, 15) is 9.59 Å². The molecule has 2 amide bonds. The molecule has 1 aliphatic heterocycles. The number of methoxy groups -OCH3 is 1. The summed E-state index contributed by atoms with van der Waals surface area (Å²) < 4.78 is 5.23. The van der Waals surface area contributed by atoms with Crippen molar-refractivity contribution in [3.05, 3.63) is 59.7 Å². The number of amides is 2. The highest BCUT2D eigenvalue weighted by atomic mass is 16.5. The van der Waals surface area contributed by atoms with Crippen LogP contribution >= 0.6 is 0 Å². The molecule has 0 aliphatic carbocycles. The van der Waals surface area contributed by atoms with Gasteiger partial charge in [0.15, 0.2) is 0 Å². The summed E-state index contributed by atoms with van der Waals surface area (Å²) in [7, 11) is 3.39. The highest BCUT2D eigenvalue weighted by molar-refractivity contribution is 5.94. The highest BCUT2D eigenvalue weighted by Crippen LogP contribution is 2.37. The maximum Gasteiger partial charge on any atom is 0.229 e. The Morgan fingerprint density at radius 1 is 1.21 bits per heavy atom. The van der Waals surface area contributed by atoms with E-state index >= 15 is 0 Å². The lowest BCUT2D eigenvalue weighted by Gasteiger charge is -2.38. The van der Waals surface area contributed by atoms with Gasteiger partial charge in [-0.1, -0.05) is 31.2 Å². The number of anilines is 1. The summed E-state index contributed by atoms with van der Waals surface area (Å²) in [5, 5.41) is 6.35. The Morgan fingerprint density at radius 3 is 2.66 bits per heavy atom. The predicted octanol–water partition coefficient (Wildman–Crippen LogP) is 3.35. The molecule has 2 atom stereocenters. The Kier molecular flexibility index (Phi) is 6.88. The molecule has 29 heavy (non-hydrogen) atoms. The third kappa shape index (κ3) is 4.95. The fourth-order valence-corrected chi connectivity index (χ4v) is 3.83. The van der Waals surface area contributed by atoms with Crippen LogP contribution in [0.25, 0.3) is 0 Å². The summed E-state index contributed by atoms with van der Waals surface area (Å²) in [5.41, 5.74) is 2.83. The molecule has 2 unspecified atom stereocenters. The van der Waals surface area contributed by atoms with Gasteiger partial charge in [-0.05, 0) is 48.4 Å². The van der Waals surface area contributed by atoms with Gasteiger partial charge in [-0.3, -0.25) is 9.59 Å². The summed E-state index contributed by atoms with van der Waals surface area (Å²) in [6.07, 6.45) is 0.907. The number of hydrogen-bond donors (Lipinski definition) is 2. The lowest BCUT2D eigenvalue weighted by molar-refractivity contribution is -0.140. The zero-order valence-electron chi connectivity index (χ0n) is 17.3. The van der Waals surface area contributed by atoms with E-state index in [1.807, 2.05) is 48.5 Å². The molecule has 0 aromatic heterocycles. The van der Waals surface area contributed by atoms with Gasteiger partial charge in [-0.25, -0.2) is 0 Å². The summed E-state index contributed by atoms with van der Waals surface area (Å²) >= 11 is 0. The molecule has 6 heteroatoms. The van der Waals surface area contributed by atoms with Crippen LogP contribution in [0.15, 0.2) is 48.5 Å². The van der Waals surface area contributed by atoms with Gasteiger partial charge in [0.2, 0.25) is 11.8 Å². The average molecular weight is 396 g/mol. The molecule has 0 radical (unpaired) electrons. The Morgan fingerprint density at radius 2 is 1.97 bits per heavy atom. The Bertz CT molecular complexity index is 851. The first-order valence-electron chi connectivity index (χ1n) is 10.0. The molecule has 1 fully saturated rings. The summed E-state index contributed by atoms with van der Waals surface area (Å²) in [5.74, 6) is 0.425. The zero-order chi connectivity index (χ0) is 20.8. The molecule has 1 heterocycles. The molecule has 1 saturated heterocycles. The van der Waals surface area contributed by atoms with E-state index in [4.69, 9.17) is 4.74 Å². The highest BCUT2D eigenvalue weighted by Gasteiger charge is 2.38. The van der Waals surface area contributed by atoms with Crippen molar-refractivity contribution in [3.63, 3.8) is 0 Å². The van der Waals surface area contributed by atoms with Crippen molar-refractivity contribution in [2.45, 2.75) is 32.4 Å². The lowest BCUT2D eigenvalue weighted by Crippen LogP contribution is -2.44. The minimum atomic E-state index is -0.316. The van der Waals surface area contributed by atoms with Gasteiger partial charge >= 0.3 is 0 Å². The van der Waals surface area contributed by atoms with Crippen LogP contribution in [-0.2, 0) is 16.1 Å². The van der Waals surface area contributed by atoms with Crippen molar-refractivity contribution in [1.29, 1.82) is 0 Å². The molecule has 3 rings (SSSR count). The normalized spacial score (nSPS) is 19.1. The van der Waals surface area contributed by atoms with Crippen LogP contribution in [-0.4, -0.2) is 37.4 Å². The fraction of sp³-hybridized carbons (Fsp3) is 0.391. The van der Waals surface area contributed by atoms with Crippen molar-refractivity contribution >= 4 is 17.5 Å². The Hall–Kier alpha value is -2.86. The zero-order valence-corrected chi connectivity index (χ0v) is 17.3. The fourth-order valence-electron chi connectivity index (χ4n) is 3.83. The van der Waals surface area contributed by atoms with Gasteiger partial charge in [0.1, 0.15) is 5.75 Å². The Balaban J connectivity index is 1.80. The monoisotopic (exact) mass is 395 g/mol. The van der Waals surface area contributed by atoms with Gasteiger partial charge in [0, 0.05) is 25.7 Å². The summed E-state index contributed by atoms with van der Waals surface area (Å²) in [6.45, 7) is 3.71. The second-order valence-electron chi connectivity index (χ2n) is 7.34. The molecule has 0 spiro atoms. The molecular formula is C23H29N3O3. The van der Waals surface area contributed by atoms with E-state index < -0.39 is 0 Å². The maximum atomic E-state index is 13.2. The summed E-state index contributed by atoms with van der Waals surface area (Å²) in [6, 6.07) is 15.1. The predicted molar refractivity (Wildman–Crippen MR) is 114 cm³/mol. The summed E-state index contributed by atoms with van der Waals surface area (Å²) in [4.78, 5) is 27.2. The lowest BCUT2D eigenvalue weighted by atomic mass is 9.84. The average Bonchev–Trinajstić information content (AvgIpc) is 2.74. The standard InChI is InChI=1S/C23H29N3O3/c1-4-24-15-16-6-5-7-18(14-16)25-23(28)20-12-13-21(27)26(2)22(20)17-8-10-19(29-3)11-9-17/h5-11,14,20,22,24H,4,12-13,15H2,1-3H3,(H,25,28). The number of hydrogen-bond acceptors (Lipinski definition) is 4. The van der Waals surface area contributed by atoms with Gasteiger partial charge in [-0.15, -0.1) is 0 Å².